The normalized spacial score (nSPS) is 18.3. The van der Waals surface area contributed by atoms with Crippen LogP contribution in [0.1, 0.15) is 11.6 Å². The van der Waals surface area contributed by atoms with E-state index in [2.05, 4.69) is 5.32 Å². The van der Waals surface area contributed by atoms with Crippen molar-refractivity contribution in [3.63, 3.8) is 0 Å². The molecule has 1 unspecified atom stereocenters. The van der Waals surface area contributed by atoms with Gasteiger partial charge in [-0.25, -0.2) is 0 Å². The zero-order valence-electron chi connectivity index (χ0n) is 11.0. The summed E-state index contributed by atoms with van der Waals surface area (Å²) in [6.07, 6.45) is 0. The molecule has 6 nitrogen and oxygen atoms in total. The number of anilines is 1. The molecule has 3 N–H and O–H groups in total. The Morgan fingerprint density at radius 1 is 1.10 bits per heavy atom. The fraction of sp³-hybridized carbons (Fsp3) is 0.133. The van der Waals surface area contributed by atoms with E-state index in [-0.39, 0.29) is 12.7 Å². The van der Waals surface area contributed by atoms with Crippen molar-refractivity contribution in [3.8, 4) is 23.0 Å². The topological polar surface area (TPSA) is 82.8 Å². The third kappa shape index (κ3) is 1.96. The average Bonchev–Trinajstić information content (AvgIpc) is 3.04. The molecule has 21 heavy (non-hydrogen) atoms. The number of fused-ring (bicyclic) bond motifs is 2. The number of hydrogen-bond acceptors (Lipinski definition) is 5. The maximum Gasteiger partial charge on any atom is 0.245 e. The molecule has 0 saturated carbocycles. The SMILES string of the molecule is NC1C(=O)Nc2cc(Oc3ccc4c(c3)OCO4)ccc21. The largest absolute Gasteiger partial charge is 0.457 e. The highest BCUT2D eigenvalue weighted by molar-refractivity contribution is 6.02. The van der Waals surface area contributed by atoms with Crippen LogP contribution < -0.4 is 25.3 Å². The minimum Gasteiger partial charge on any atom is -0.457 e. The molecule has 2 aliphatic rings. The maximum absolute atomic E-state index is 11.5. The first-order valence-corrected chi connectivity index (χ1v) is 6.48. The van der Waals surface area contributed by atoms with E-state index in [1.807, 2.05) is 0 Å². The van der Waals surface area contributed by atoms with E-state index in [0.29, 0.717) is 28.7 Å². The predicted molar refractivity (Wildman–Crippen MR) is 74.6 cm³/mol. The number of ether oxygens (including phenoxy) is 3. The molecule has 2 heterocycles. The van der Waals surface area contributed by atoms with Crippen molar-refractivity contribution in [2.75, 3.05) is 12.1 Å². The van der Waals surface area contributed by atoms with Crippen LogP contribution in [0.2, 0.25) is 0 Å². The zero-order valence-corrected chi connectivity index (χ0v) is 11.0. The van der Waals surface area contributed by atoms with Gasteiger partial charge in [0.2, 0.25) is 12.7 Å². The van der Waals surface area contributed by atoms with Gasteiger partial charge in [0, 0.05) is 23.4 Å². The second-order valence-corrected chi connectivity index (χ2v) is 4.83. The summed E-state index contributed by atoms with van der Waals surface area (Å²) < 4.78 is 16.3. The number of amides is 1. The van der Waals surface area contributed by atoms with Gasteiger partial charge >= 0.3 is 0 Å². The molecule has 2 aromatic rings. The first-order valence-electron chi connectivity index (χ1n) is 6.48. The Balaban J connectivity index is 1.61. The van der Waals surface area contributed by atoms with Crippen molar-refractivity contribution in [2.45, 2.75) is 6.04 Å². The highest BCUT2D eigenvalue weighted by Gasteiger charge is 2.27. The van der Waals surface area contributed by atoms with Crippen LogP contribution in [0.25, 0.3) is 0 Å². The fourth-order valence-corrected chi connectivity index (χ4v) is 2.41. The van der Waals surface area contributed by atoms with Gasteiger partial charge < -0.3 is 25.3 Å². The number of benzene rings is 2. The molecule has 0 aromatic heterocycles. The summed E-state index contributed by atoms with van der Waals surface area (Å²) in [5, 5.41) is 2.73. The molecule has 4 rings (SSSR count). The van der Waals surface area contributed by atoms with Crippen molar-refractivity contribution in [2.24, 2.45) is 5.73 Å². The summed E-state index contributed by atoms with van der Waals surface area (Å²) >= 11 is 0. The number of hydrogen-bond donors (Lipinski definition) is 2. The van der Waals surface area contributed by atoms with Crippen LogP contribution in [0.15, 0.2) is 36.4 Å². The van der Waals surface area contributed by atoms with E-state index in [1.165, 1.54) is 0 Å². The lowest BCUT2D eigenvalue weighted by Gasteiger charge is -2.08. The van der Waals surface area contributed by atoms with Crippen LogP contribution in [0.5, 0.6) is 23.0 Å². The first kappa shape index (κ1) is 12.0. The molecule has 2 aromatic carbocycles. The molecule has 0 radical (unpaired) electrons. The third-order valence-corrected chi connectivity index (χ3v) is 3.48. The molecule has 106 valence electrons. The Bertz CT molecular complexity index is 744. The van der Waals surface area contributed by atoms with Gasteiger partial charge in [0.25, 0.3) is 0 Å². The van der Waals surface area contributed by atoms with Gasteiger partial charge in [0.15, 0.2) is 11.5 Å². The van der Waals surface area contributed by atoms with Gasteiger partial charge in [-0.15, -0.1) is 0 Å². The van der Waals surface area contributed by atoms with E-state index in [4.69, 9.17) is 19.9 Å². The van der Waals surface area contributed by atoms with E-state index in [9.17, 15) is 4.79 Å². The summed E-state index contributed by atoms with van der Waals surface area (Å²) in [5.74, 6) is 2.40. The molecule has 0 fully saturated rings. The summed E-state index contributed by atoms with van der Waals surface area (Å²) in [6.45, 7) is 0.224. The minimum atomic E-state index is -0.611. The Labute approximate surface area is 120 Å². The highest BCUT2D eigenvalue weighted by Crippen LogP contribution is 2.38. The molecule has 0 aliphatic carbocycles. The lowest BCUT2D eigenvalue weighted by molar-refractivity contribution is -0.116. The Hall–Kier alpha value is -2.73. The van der Waals surface area contributed by atoms with Gasteiger partial charge in [0.05, 0.1) is 0 Å². The lowest BCUT2D eigenvalue weighted by Crippen LogP contribution is -2.19. The maximum atomic E-state index is 11.5. The Morgan fingerprint density at radius 3 is 2.76 bits per heavy atom. The van der Waals surface area contributed by atoms with Crippen LogP contribution in [-0.2, 0) is 4.79 Å². The first-order chi connectivity index (χ1) is 10.2. The third-order valence-electron chi connectivity index (χ3n) is 3.48. The van der Waals surface area contributed by atoms with Crippen LogP contribution in [0.4, 0.5) is 5.69 Å². The van der Waals surface area contributed by atoms with E-state index >= 15 is 0 Å². The molecule has 1 amide bonds. The predicted octanol–water partition coefficient (Wildman–Crippen LogP) is 2.16. The fourth-order valence-electron chi connectivity index (χ4n) is 2.41. The number of carbonyl (C=O) groups is 1. The highest BCUT2D eigenvalue weighted by atomic mass is 16.7. The second kappa shape index (κ2) is 4.39. The van der Waals surface area contributed by atoms with Gasteiger partial charge in [-0.3, -0.25) is 4.79 Å². The van der Waals surface area contributed by atoms with Crippen molar-refractivity contribution in [3.05, 3.63) is 42.0 Å². The van der Waals surface area contributed by atoms with Gasteiger partial charge in [0.1, 0.15) is 17.5 Å². The zero-order chi connectivity index (χ0) is 14.4. The Morgan fingerprint density at radius 2 is 1.86 bits per heavy atom. The minimum absolute atomic E-state index is 0.203. The number of nitrogens with two attached hydrogens (primary N) is 1. The second-order valence-electron chi connectivity index (χ2n) is 4.83. The molecule has 0 bridgehead atoms. The van der Waals surface area contributed by atoms with Crippen LogP contribution >= 0.6 is 0 Å². The smallest absolute Gasteiger partial charge is 0.245 e. The Kier molecular flexibility index (Phi) is 2.52. The number of nitrogens with one attached hydrogen (secondary N) is 1. The van der Waals surface area contributed by atoms with Gasteiger partial charge in [-0.1, -0.05) is 6.07 Å². The van der Waals surface area contributed by atoms with E-state index in [1.54, 1.807) is 36.4 Å². The quantitative estimate of drug-likeness (QED) is 0.883. The molecule has 0 saturated heterocycles. The van der Waals surface area contributed by atoms with Crippen LogP contribution in [0.3, 0.4) is 0 Å². The van der Waals surface area contributed by atoms with Crippen molar-refractivity contribution in [1.29, 1.82) is 0 Å². The van der Waals surface area contributed by atoms with Crippen molar-refractivity contribution < 1.29 is 19.0 Å². The molecule has 6 heteroatoms. The average molecular weight is 284 g/mol. The molecule has 2 aliphatic heterocycles. The summed E-state index contributed by atoms with van der Waals surface area (Å²) in [4.78, 5) is 11.5. The molecule has 0 spiro atoms. The molecule has 1 atom stereocenters. The van der Waals surface area contributed by atoms with Crippen molar-refractivity contribution in [1.82, 2.24) is 0 Å². The van der Waals surface area contributed by atoms with E-state index < -0.39 is 6.04 Å². The van der Waals surface area contributed by atoms with Crippen LogP contribution in [-0.4, -0.2) is 12.7 Å². The number of carbonyl (C=O) groups excluding carboxylic acids is 1. The monoisotopic (exact) mass is 284 g/mol. The van der Waals surface area contributed by atoms with Gasteiger partial charge in [-0.05, 0) is 18.2 Å². The van der Waals surface area contributed by atoms with Crippen LogP contribution in [0, 0.1) is 0 Å². The summed E-state index contributed by atoms with van der Waals surface area (Å²) in [7, 11) is 0. The lowest BCUT2D eigenvalue weighted by atomic mass is 10.1. The summed E-state index contributed by atoms with van der Waals surface area (Å²) in [6, 6.07) is 10.1. The van der Waals surface area contributed by atoms with E-state index in [0.717, 1.165) is 5.56 Å². The molecular weight excluding hydrogens is 272 g/mol. The standard InChI is InChI=1S/C15H12N2O4/c16-14-10-3-1-8(5-11(10)17-15(14)18)21-9-2-4-12-13(6-9)20-7-19-12/h1-6,14H,7,16H2,(H,17,18). The van der Waals surface area contributed by atoms with Crippen molar-refractivity contribution >= 4 is 11.6 Å². The van der Waals surface area contributed by atoms with Gasteiger partial charge in [-0.2, -0.15) is 0 Å². The molecular formula is C15H12N2O4. The number of rotatable bonds is 2. The summed E-state index contributed by atoms with van der Waals surface area (Å²) in [5.41, 5.74) is 7.23.